The van der Waals surface area contributed by atoms with E-state index in [2.05, 4.69) is 36.2 Å². The number of halogens is 2. The first-order valence-electron chi connectivity index (χ1n) is 5.69. The van der Waals surface area contributed by atoms with E-state index in [1.807, 2.05) is 32.3 Å². The molecule has 0 spiro atoms. The number of methoxy groups -OCH3 is 1. The lowest BCUT2D eigenvalue weighted by molar-refractivity contribution is 0.412. The van der Waals surface area contributed by atoms with Gasteiger partial charge >= 0.3 is 0 Å². The Hall–Kier alpha value is -1.60. The lowest BCUT2D eigenvalue weighted by Gasteiger charge is -2.12. The maximum atomic E-state index is 5.88. The van der Waals surface area contributed by atoms with Crippen LogP contribution in [0.15, 0.2) is 22.7 Å². The second-order valence-corrected chi connectivity index (χ2v) is 5.29. The predicted molar refractivity (Wildman–Crippen MR) is 83.1 cm³/mol. The van der Waals surface area contributed by atoms with Crippen molar-refractivity contribution >= 4 is 45.1 Å². The van der Waals surface area contributed by atoms with Crippen LogP contribution in [0, 0.1) is 0 Å². The van der Waals surface area contributed by atoms with Crippen LogP contribution in [0.4, 0.5) is 17.6 Å². The molecule has 2 aromatic rings. The summed E-state index contributed by atoms with van der Waals surface area (Å²) < 4.78 is 6.01. The Balaban J connectivity index is 2.27. The Morgan fingerprint density at radius 1 is 1.25 bits per heavy atom. The first kappa shape index (κ1) is 14.8. The molecule has 1 N–H and O–H groups in total. The van der Waals surface area contributed by atoms with Gasteiger partial charge in [0.15, 0.2) is 0 Å². The van der Waals surface area contributed by atoms with Crippen molar-refractivity contribution in [3.05, 3.63) is 28.0 Å². The fourth-order valence-electron chi connectivity index (χ4n) is 1.47. The van der Waals surface area contributed by atoms with Gasteiger partial charge in [-0.1, -0.05) is 0 Å². The van der Waals surface area contributed by atoms with Crippen molar-refractivity contribution in [3.63, 3.8) is 0 Å². The third kappa shape index (κ3) is 3.49. The van der Waals surface area contributed by atoms with E-state index in [1.54, 1.807) is 12.0 Å². The average Bonchev–Trinajstić information content (AvgIpc) is 2.38. The highest BCUT2D eigenvalue weighted by Crippen LogP contribution is 2.28. The van der Waals surface area contributed by atoms with Crippen molar-refractivity contribution in [1.29, 1.82) is 0 Å². The standard InChI is InChI=1S/C12H13BrClN5O/c1-19(2)12-17-10(14)16-11(18-12)15-7-4-5-9(20-3)8(13)6-7/h4-6H,1-3H3,(H,15,16,17,18). The van der Waals surface area contributed by atoms with E-state index in [1.165, 1.54) is 0 Å². The first-order valence-corrected chi connectivity index (χ1v) is 6.86. The monoisotopic (exact) mass is 357 g/mol. The van der Waals surface area contributed by atoms with Gasteiger partial charge in [-0.2, -0.15) is 15.0 Å². The summed E-state index contributed by atoms with van der Waals surface area (Å²) in [7, 11) is 5.28. The van der Waals surface area contributed by atoms with Crippen LogP contribution in [0.2, 0.25) is 5.28 Å². The zero-order valence-electron chi connectivity index (χ0n) is 11.2. The molecule has 0 radical (unpaired) electrons. The topological polar surface area (TPSA) is 63.2 Å². The molecule has 2 rings (SSSR count). The summed E-state index contributed by atoms with van der Waals surface area (Å²) in [4.78, 5) is 14.1. The summed E-state index contributed by atoms with van der Waals surface area (Å²) in [6.45, 7) is 0. The fraction of sp³-hybridized carbons (Fsp3) is 0.250. The van der Waals surface area contributed by atoms with Gasteiger partial charge in [-0.15, -0.1) is 0 Å². The molecule has 0 atom stereocenters. The van der Waals surface area contributed by atoms with Crippen LogP contribution in [0.5, 0.6) is 5.75 Å². The van der Waals surface area contributed by atoms with E-state index < -0.39 is 0 Å². The second kappa shape index (κ2) is 6.23. The number of aromatic nitrogens is 3. The quantitative estimate of drug-likeness (QED) is 0.906. The van der Waals surface area contributed by atoms with Crippen molar-refractivity contribution in [3.8, 4) is 5.75 Å². The van der Waals surface area contributed by atoms with E-state index in [4.69, 9.17) is 16.3 Å². The highest BCUT2D eigenvalue weighted by atomic mass is 79.9. The molecule has 0 bridgehead atoms. The smallest absolute Gasteiger partial charge is 0.233 e. The van der Waals surface area contributed by atoms with Crippen LogP contribution in [0.1, 0.15) is 0 Å². The van der Waals surface area contributed by atoms with Crippen LogP contribution < -0.4 is 15.0 Å². The molecule has 0 aliphatic heterocycles. The minimum atomic E-state index is 0.138. The third-order valence-electron chi connectivity index (χ3n) is 2.40. The second-order valence-electron chi connectivity index (χ2n) is 4.10. The zero-order valence-corrected chi connectivity index (χ0v) is 13.5. The maximum absolute atomic E-state index is 5.88. The number of ether oxygens (including phenoxy) is 1. The molecular formula is C12H13BrClN5O. The van der Waals surface area contributed by atoms with Gasteiger partial charge in [0.25, 0.3) is 0 Å². The number of hydrogen-bond acceptors (Lipinski definition) is 6. The Morgan fingerprint density at radius 2 is 2.00 bits per heavy atom. The Labute approximate surface area is 130 Å². The molecule has 20 heavy (non-hydrogen) atoms. The van der Waals surface area contributed by atoms with Crippen LogP contribution in [-0.2, 0) is 0 Å². The van der Waals surface area contributed by atoms with E-state index in [0.29, 0.717) is 11.9 Å². The van der Waals surface area contributed by atoms with Crippen molar-refractivity contribution in [2.24, 2.45) is 0 Å². The number of hydrogen-bond donors (Lipinski definition) is 1. The van der Waals surface area contributed by atoms with Gasteiger partial charge in [-0.05, 0) is 45.7 Å². The summed E-state index contributed by atoms with van der Waals surface area (Å²) in [5.41, 5.74) is 0.810. The normalized spacial score (nSPS) is 10.2. The summed E-state index contributed by atoms with van der Waals surface area (Å²) in [6.07, 6.45) is 0. The number of anilines is 3. The van der Waals surface area contributed by atoms with E-state index in [0.717, 1.165) is 15.9 Å². The number of nitrogens with one attached hydrogen (secondary N) is 1. The van der Waals surface area contributed by atoms with E-state index in [-0.39, 0.29) is 5.28 Å². The Bertz CT molecular complexity index is 623. The molecule has 1 aromatic heterocycles. The zero-order chi connectivity index (χ0) is 14.7. The number of rotatable bonds is 4. The summed E-state index contributed by atoms with van der Waals surface area (Å²) in [5.74, 6) is 1.61. The molecule has 106 valence electrons. The summed E-state index contributed by atoms with van der Waals surface area (Å²) in [5, 5.41) is 3.21. The van der Waals surface area contributed by atoms with Crippen molar-refractivity contribution < 1.29 is 4.74 Å². The molecule has 0 aliphatic rings. The van der Waals surface area contributed by atoms with Crippen molar-refractivity contribution in [2.75, 3.05) is 31.4 Å². The number of nitrogens with zero attached hydrogens (tertiary/aromatic N) is 4. The molecular weight excluding hydrogens is 346 g/mol. The third-order valence-corrected chi connectivity index (χ3v) is 3.19. The molecule has 0 saturated carbocycles. The van der Waals surface area contributed by atoms with Crippen molar-refractivity contribution in [2.45, 2.75) is 0 Å². The van der Waals surface area contributed by atoms with Crippen LogP contribution in [0.25, 0.3) is 0 Å². The van der Waals surface area contributed by atoms with Crippen molar-refractivity contribution in [1.82, 2.24) is 15.0 Å². The maximum Gasteiger partial charge on any atom is 0.233 e. The molecule has 1 aromatic carbocycles. The van der Waals surface area contributed by atoms with Crippen LogP contribution in [-0.4, -0.2) is 36.2 Å². The molecule has 8 heteroatoms. The lowest BCUT2D eigenvalue weighted by atomic mass is 10.3. The molecule has 1 heterocycles. The fourth-order valence-corrected chi connectivity index (χ4v) is 2.17. The van der Waals surface area contributed by atoms with Crippen LogP contribution >= 0.6 is 27.5 Å². The van der Waals surface area contributed by atoms with E-state index >= 15 is 0 Å². The SMILES string of the molecule is COc1ccc(Nc2nc(Cl)nc(N(C)C)n2)cc1Br. The Kier molecular flexibility index (Phi) is 4.61. The largest absolute Gasteiger partial charge is 0.496 e. The highest BCUT2D eigenvalue weighted by molar-refractivity contribution is 9.10. The molecule has 0 unspecified atom stereocenters. The highest BCUT2D eigenvalue weighted by Gasteiger charge is 2.08. The predicted octanol–water partition coefficient (Wildman–Crippen LogP) is 3.11. The molecule has 0 aliphatic carbocycles. The molecule has 0 amide bonds. The molecule has 0 fully saturated rings. The van der Waals surface area contributed by atoms with Gasteiger partial charge in [0.2, 0.25) is 17.2 Å². The summed E-state index contributed by atoms with van der Waals surface area (Å²) in [6, 6.07) is 5.56. The summed E-state index contributed by atoms with van der Waals surface area (Å²) >= 11 is 9.30. The minimum absolute atomic E-state index is 0.138. The van der Waals surface area contributed by atoms with Gasteiger partial charge in [0.1, 0.15) is 5.75 Å². The average molecular weight is 359 g/mol. The van der Waals surface area contributed by atoms with Gasteiger partial charge in [-0.3, -0.25) is 0 Å². The van der Waals surface area contributed by atoms with Gasteiger partial charge in [0, 0.05) is 19.8 Å². The minimum Gasteiger partial charge on any atom is -0.496 e. The Morgan fingerprint density at radius 3 is 2.60 bits per heavy atom. The van der Waals surface area contributed by atoms with Crippen LogP contribution in [0.3, 0.4) is 0 Å². The first-order chi connectivity index (χ1) is 9.49. The van der Waals surface area contributed by atoms with Gasteiger partial charge < -0.3 is 15.0 Å². The van der Waals surface area contributed by atoms with Gasteiger partial charge in [0.05, 0.1) is 11.6 Å². The lowest BCUT2D eigenvalue weighted by Crippen LogP contribution is -2.14. The molecule has 6 nitrogen and oxygen atoms in total. The number of benzene rings is 1. The van der Waals surface area contributed by atoms with E-state index in [9.17, 15) is 0 Å². The van der Waals surface area contributed by atoms with Gasteiger partial charge in [-0.25, -0.2) is 0 Å². The molecule has 0 saturated heterocycles.